The summed E-state index contributed by atoms with van der Waals surface area (Å²) < 4.78 is 7.71. The van der Waals surface area contributed by atoms with Crippen molar-refractivity contribution in [2.45, 2.75) is 31.8 Å². The molecule has 0 saturated carbocycles. The molecule has 0 radical (unpaired) electrons. The average Bonchev–Trinajstić information content (AvgIpc) is 3.31. The second-order valence-corrected chi connectivity index (χ2v) is 6.33. The standard InChI is InChI=1S/C18H21N5O/c1-22-12-15(11-19-22)16-8-5-9-23(16)13-18-21-20-17(24-18)10-14-6-3-2-4-7-14/h2-4,6-7,11-12,16H,5,8-10,13H2,1H3/t16-/m1/s1. The van der Waals surface area contributed by atoms with Gasteiger partial charge in [-0.3, -0.25) is 9.58 Å². The number of hydrogen-bond donors (Lipinski definition) is 0. The molecule has 0 N–H and O–H groups in total. The third-order valence-corrected chi connectivity index (χ3v) is 4.52. The Morgan fingerprint density at radius 1 is 1.17 bits per heavy atom. The summed E-state index contributed by atoms with van der Waals surface area (Å²) in [5.74, 6) is 1.37. The molecular weight excluding hydrogens is 302 g/mol. The Labute approximate surface area is 141 Å². The molecule has 0 bridgehead atoms. The number of hydrogen-bond acceptors (Lipinski definition) is 5. The summed E-state index contributed by atoms with van der Waals surface area (Å²) in [4.78, 5) is 2.40. The topological polar surface area (TPSA) is 60.0 Å². The molecule has 2 aromatic heterocycles. The van der Waals surface area contributed by atoms with Gasteiger partial charge in [0.15, 0.2) is 0 Å². The first-order chi connectivity index (χ1) is 11.8. The minimum Gasteiger partial charge on any atom is -0.424 e. The van der Waals surface area contributed by atoms with Gasteiger partial charge < -0.3 is 4.42 Å². The van der Waals surface area contributed by atoms with Gasteiger partial charge in [0.25, 0.3) is 0 Å². The van der Waals surface area contributed by atoms with Gasteiger partial charge in [-0.05, 0) is 24.9 Å². The van der Waals surface area contributed by atoms with Crippen molar-refractivity contribution in [3.63, 3.8) is 0 Å². The smallest absolute Gasteiger partial charge is 0.230 e. The molecule has 4 rings (SSSR count). The third kappa shape index (κ3) is 3.23. The Bertz CT molecular complexity index is 795. The number of aromatic nitrogens is 4. The molecule has 124 valence electrons. The van der Waals surface area contributed by atoms with Crippen LogP contribution in [0.1, 0.15) is 41.8 Å². The van der Waals surface area contributed by atoms with E-state index >= 15 is 0 Å². The second kappa shape index (κ2) is 6.57. The van der Waals surface area contributed by atoms with E-state index in [-0.39, 0.29) is 0 Å². The zero-order valence-electron chi connectivity index (χ0n) is 13.8. The number of rotatable bonds is 5. The van der Waals surface area contributed by atoms with E-state index in [1.54, 1.807) is 0 Å². The molecule has 0 aliphatic carbocycles. The summed E-state index contributed by atoms with van der Waals surface area (Å²) in [6.45, 7) is 1.75. The summed E-state index contributed by atoms with van der Waals surface area (Å²) in [6.07, 6.45) is 7.07. The van der Waals surface area contributed by atoms with Gasteiger partial charge in [-0.15, -0.1) is 10.2 Å². The van der Waals surface area contributed by atoms with Crippen molar-refractivity contribution in [1.29, 1.82) is 0 Å². The van der Waals surface area contributed by atoms with Crippen LogP contribution in [-0.4, -0.2) is 31.4 Å². The lowest BCUT2D eigenvalue weighted by Crippen LogP contribution is -2.22. The van der Waals surface area contributed by atoms with Crippen molar-refractivity contribution in [3.8, 4) is 0 Å². The Hall–Kier alpha value is -2.47. The highest BCUT2D eigenvalue weighted by Gasteiger charge is 2.28. The summed E-state index contributed by atoms with van der Waals surface area (Å²) >= 11 is 0. The molecule has 6 nitrogen and oxygen atoms in total. The molecule has 3 heterocycles. The van der Waals surface area contributed by atoms with E-state index < -0.39 is 0 Å². The zero-order chi connectivity index (χ0) is 16.4. The number of likely N-dealkylation sites (tertiary alicyclic amines) is 1. The van der Waals surface area contributed by atoms with Crippen LogP contribution >= 0.6 is 0 Å². The summed E-state index contributed by atoms with van der Waals surface area (Å²) in [5.41, 5.74) is 2.45. The van der Waals surface area contributed by atoms with E-state index in [0.717, 1.165) is 13.0 Å². The molecule has 1 saturated heterocycles. The van der Waals surface area contributed by atoms with Gasteiger partial charge in [-0.2, -0.15) is 5.10 Å². The molecule has 1 aliphatic rings. The molecule has 0 spiro atoms. The highest BCUT2D eigenvalue weighted by molar-refractivity contribution is 5.18. The monoisotopic (exact) mass is 323 g/mol. The third-order valence-electron chi connectivity index (χ3n) is 4.52. The number of benzene rings is 1. The lowest BCUT2D eigenvalue weighted by atomic mass is 10.1. The van der Waals surface area contributed by atoms with Crippen LogP contribution in [0.2, 0.25) is 0 Å². The van der Waals surface area contributed by atoms with Crippen molar-refractivity contribution >= 4 is 0 Å². The van der Waals surface area contributed by atoms with Crippen molar-refractivity contribution < 1.29 is 4.42 Å². The molecular formula is C18H21N5O. The fourth-order valence-electron chi connectivity index (χ4n) is 3.37. The first-order valence-electron chi connectivity index (χ1n) is 8.36. The Morgan fingerprint density at radius 3 is 2.79 bits per heavy atom. The lowest BCUT2D eigenvalue weighted by molar-refractivity contribution is 0.221. The van der Waals surface area contributed by atoms with Crippen LogP contribution < -0.4 is 0 Å². The number of aryl methyl sites for hydroxylation is 1. The van der Waals surface area contributed by atoms with Crippen molar-refractivity contribution in [3.05, 3.63) is 65.6 Å². The molecule has 1 aromatic carbocycles. The van der Waals surface area contributed by atoms with Crippen LogP contribution in [0.15, 0.2) is 47.1 Å². The summed E-state index contributed by atoms with van der Waals surface area (Å²) in [5, 5.41) is 12.7. The van der Waals surface area contributed by atoms with E-state index in [1.807, 2.05) is 36.1 Å². The molecule has 3 aromatic rings. The van der Waals surface area contributed by atoms with Gasteiger partial charge in [-0.25, -0.2) is 0 Å². The highest BCUT2D eigenvalue weighted by Crippen LogP contribution is 2.32. The minimum absolute atomic E-state index is 0.392. The van der Waals surface area contributed by atoms with E-state index in [4.69, 9.17) is 4.42 Å². The maximum atomic E-state index is 5.85. The molecule has 24 heavy (non-hydrogen) atoms. The molecule has 1 aliphatic heterocycles. The fraction of sp³-hybridized carbons (Fsp3) is 0.389. The van der Waals surface area contributed by atoms with E-state index in [1.165, 1.54) is 17.5 Å². The Balaban J connectivity index is 1.43. The molecule has 0 amide bonds. The van der Waals surface area contributed by atoms with Crippen LogP contribution in [0.3, 0.4) is 0 Å². The van der Waals surface area contributed by atoms with Gasteiger partial charge in [0, 0.05) is 24.8 Å². The zero-order valence-corrected chi connectivity index (χ0v) is 13.8. The molecule has 0 unspecified atom stereocenters. The van der Waals surface area contributed by atoms with Crippen LogP contribution in [0.4, 0.5) is 0 Å². The first-order valence-corrected chi connectivity index (χ1v) is 8.36. The van der Waals surface area contributed by atoms with Crippen LogP contribution in [0, 0.1) is 0 Å². The lowest BCUT2D eigenvalue weighted by Gasteiger charge is -2.21. The largest absolute Gasteiger partial charge is 0.424 e. The number of nitrogens with zero attached hydrogens (tertiary/aromatic N) is 5. The normalized spacial score (nSPS) is 18.3. The van der Waals surface area contributed by atoms with E-state index in [2.05, 4.69) is 38.5 Å². The van der Waals surface area contributed by atoms with Gasteiger partial charge in [0.05, 0.1) is 19.2 Å². The van der Waals surface area contributed by atoms with Crippen molar-refractivity contribution in [2.24, 2.45) is 7.05 Å². The maximum absolute atomic E-state index is 5.85. The first kappa shape index (κ1) is 15.1. The van der Waals surface area contributed by atoms with Crippen LogP contribution in [-0.2, 0) is 20.0 Å². The Kier molecular flexibility index (Phi) is 4.13. The van der Waals surface area contributed by atoms with E-state index in [9.17, 15) is 0 Å². The van der Waals surface area contributed by atoms with Crippen molar-refractivity contribution in [2.75, 3.05) is 6.54 Å². The average molecular weight is 323 g/mol. The molecule has 6 heteroatoms. The SMILES string of the molecule is Cn1cc([C@H]2CCCN2Cc2nnc(Cc3ccccc3)o2)cn1. The fourth-order valence-corrected chi connectivity index (χ4v) is 3.37. The van der Waals surface area contributed by atoms with Gasteiger partial charge in [0.2, 0.25) is 11.8 Å². The predicted octanol–water partition coefficient (Wildman–Crippen LogP) is 2.73. The van der Waals surface area contributed by atoms with Gasteiger partial charge in [-0.1, -0.05) is 30.3 Å². The van der Waals surface area contributed by atoms with E-state index in [0.29, 0.717) is 30.8 Å². The van der Waals surface area contributed by atoms with Gasteiger partial charge >= 0.3 is 0 Å². The molecule has 1 fully saturated rings. The quantitative estimate of drug-likeness (QED) is 0.722. The predicted molar refractivity (Wildman–Crippen MR) is 89.1 cm³/mol. The minimum atomic E-state index is 0.392. The Morgan fingerprint density at radius 2 is 2.00 bits per heavy atom. The van der Waals surface area contributed by atoms with Gasteiger partial charge in [0.1, 0.15) is 0 Å². The van der Waals surface area contributed by atoms with Crippen LogP contribution in [0.5, 0.6) is 0 Å². The second-order valence-electron chi connectivity index (χ2n) is 6.33. The van der Waals surface area contributed by atoms with Crippen molar-refractivity contribution in [1.82, 2.24) is 24.9 Å². The van der Waals surface area contributed by atoms with Crippen LogP contribution in [0.25, 0.3) is 0 Å². The maximum Gasteiger partial charge on any atom is 0.230 e. The summed E-state index contributed by atoms with van der Waals surface area (Å²) in [6, 6.07) is 10.6. The summed E-state index contributed by atoms with van der Waals surface area (Å²) in [7, 11) is 1.96. The highest BCUT2D eigenvalue weighted by atomic mass is 16.4. The molecule has 1 atom stereocenters.